The molecule has 0 aliphatic carbocycles. The second-order valence-corrected chi connectivity index (χ2v) is 11.0. The Morgan fingerprint density at radius 1 is 1.07 bits per heavy atom. The number of likely N-dealkylation sites (tertiary alicyclic amines) is 1. The Labute approximate surface area is 248 Å². The van der Waals surface area contributed by atoms with Crippen molar-refractivity contribution in [3.8, 4) is 23.0 Å². The molecule has 10 heteroatoms. The molecule has 1 unspecified atom stereocenters. The molecule has 3 N–H and O–H groups in total. The van der Waals surface area contributed by atoms with Gasteiger partial charge in [-0.05, 0) is 68.0 Å². The number of carboxylic acid groups (broad SMARTS) is 1. The number of fused-ring (bicyclic) bond motifs is 1. The molecule has 4 rings (SSSR count). The van der Waals surface area contributed by atoms with E-state index >= 15 is 0 Å². The Balaban J connectivity index is 1.61. The smallest absolute Gasteiger partial charge is 0.308 e. The molecule has 42 heavy (non-hydrogen) atoms. The average molecular weight is 584 g/mol. The second kappa shape index (κ2) is 15.1. The number of rotatable bonds is 16. The highest BCUT2D eigenvalue weighted by Gasteiger charge is 2.47. The molecule has 2 aromatic rings. The molecule has 0 radical (unpaired) electrons. The predicted molar refractivity (Wildman–Crippen MR) is 159 cm³/mol. The first-order valence-corrected chi connectivity index (χ1v) is 15.0. The molecule has 1 saturated heterocycles. The molecule has 2 aliphatic rings. The Bertz CT molecular complexity index is 1200. The van der Waals surface area contributed by atoms with Crippen LogP contribution < -0.4 is 24.7 Å². The Kier molecular flexibility index (Phi) is 11.3. The summed E-state index contributed by atoms with van der Waals surface area (Å²) in [5.74, 6) is 0.471. The lowest BCUT2D eigenvalue weighted by Gasteiger charge is -2.30. The lowest BCUT2D eigenvalue weighted by atomic mass is 9.83. The number of aryl methyl sites for hydroxylation is 1. The lowest BCUT2D eigenvalue weighted by Crippen LogP contribution is -2.45. The van der Waals surface area contributed by atoms with Gasteiger partial charge in [0.25, 0.3) is 0 Å². The van der Waals surface area contributed by atoms with Gasteiger partial charge in [-0.25, -0.2) is 0 Å². The highest BCUT2D eigenvalue weighted by molar-refractivity contribution is 5.79. The first kappa shape index (κ1) is 31.4. The Morgan fingerprint density at radius 3 is 2.55 bits per heavy atom. The van der Waals surface area contributed by atoms with Crippen molar-refractivity contribution < 1.29 is 33.6 Å². The number of aliphatic carboxylic acids is 1. The van der Waals surface area contributed by atoms with Crippen LogP contribution in [0, 0.1) is 5.92 Å². The van der Waals surface area contributed by atoms with Crippen molar-refractivity contribution in [1.82, 2.24) is 9.80 Å². The van der Waals surface area contributed by atoms with Gasteiger partial charge in [-0.1, -0.05) is 31.5 Å². The quantitative estimate of drug-likeness (QED) is 0.303. The summed E-state index contributed by atoms with van der Waals surface area (Å²) < 4.78 is 22.3. The summed E-state index contributed by atoms with van der Waals surface area (Å²) in [4.78, 5) is 30.5. The molecule has 0 bridgehead atoms. The first-order valence-electron chi connectivity index (χ1n) is 15.0. The van der Waals surface area contributed by atoms with Gasteiger partial charge in [-0.2, -0.15) is 0 Å². The van der Waals surface area contributed by atoms with Gasteiger partial charge in [0.2, 0.25) is 18.4 Å². The number of ether oxygens (including phenoxy) is 4. The van der Waals surface area contributed by atoms with Gasteiger partial charge in [0, 0.05) is 31.6 Å². The summed E-state index contributed by atoms with van der Waals surface area (Å²) in [6.07, 6.45) is 4.75. The third kappa shape index (κ3) is 7.28. The third-order valence-electron chi connectivity index (χ3n) is 8.39. The van der Waals surface area contributed by atoms with E-state index in [1.165, 1.54) is 0 Å². The summed E-state index contributed by atoms with van der Waals surface area (Å²) in [6.45, 7) is 4.58. The van der Waals surface area contributed by atoms with Crippen molar-refractivity contribution >= 4 is 11.9 Å². The molecule has 2 heterocycles. The maximum Gasteiger partial charge on any atom is 0.308 e. The van der Waals surface area contributed by atoms with Crippen LogP contribution in [0.4, 0.5) is 0 Å². The number of amides is 1. The fourth-order valence-electron chi connectivity index (χ4n) is 6.23. The predicted octanol–water partition coefficient (Wildman–Crippen LogP) is 3.90. The molecular formula is C32H45N3O7. The van der Waals surface area contributed by atoms with E-state index in [1.807, 2.05) is 41.3 Å². The topological polar surface area (TPSA) is 124 Å². The number of hydrogen-bond acceptors (Lipinski definition) is 8. The van der Waals surface area contributed by atoms with Crippen LogP contribution in [0.5, 0.6) is 23.0 Å². The second-order valence-electron chi connectivity index (χ2n) is 11.0. The first-order chi connectivity index (χ1) is 20.4. The zero-order chi connectivity index (χ0) is 30.1. The zero-order valence-electron chi connectivity index (χ0n) is 25.0. The highest BCUT2D eigenvalue weighted by atomic mass is 16.7. The van der Waals surface area contributed by atoms with E-state index < -0.39 is 11.9 Å². The van der Waals surface area contributed by atoms with Crippen molar-refractivity contribution in [2.24, 2.45) is 11.7 Å². The van der Waals surface area contributed by atoms with E-state index in [1.54, 1.807) is 14.2 Å². The molecule has 1 fully saturated rings. The van der Waals surface area contributed by atoms with Crippen LogP contribution in [-0.4, -0.2) is 86.6 Å². The van der Waals surface area contributed by atoms with Gasteiger partial charge in [0.05, 0.1) is 26.7 Å². The number of benzene rings is 2. The third-order valence-corrected chi connectivity index (χ3v) is 8.39. The summed E-state index contributed by atoms with van der Waals surface area (Å²) in [5.41, 5.74) is 7.64. The van der Waals surface area contributed by atoms with Crippen LogP contribution in [0.2, 0.25) is 0 Å². The summed E-state index contributed by atoms with van der Waals surface area (Å²) in [5, 5.41) is 10.6. The Hall–Kier alpha value is -3.50. The number of carbonyl (C=O) groups excluding carboxylic acids is 1. The van der Waals surface area contributed by atoms with Gasteiger partial charge >= 0.3 is 5.97 Å². The number of nitrogens with two attached hydrogens (primary N) is 1. The molecule has 2 aliphatic heterocycles. The molecule has 0 aromatic heterocycles. The van der Waals surface area contributed by atoms with Gasteiger partial charge in [-0.15, -0.1) is 0 Å². The fourth-order valence-corrected chi connectivity index (χ4v) is 6.23. The Morgan fingerprint density at radius 2 is 1.83 bits per heavy atom. The number of para-hydroxylation sites is 1. The van der Waals surface area contributed by atoms with Gasteiger partial charge in [0.15, 0.2) is 11.5 Å². The summed E-state index contributed by atoms with van der Waals surface area (Å²) >= 11 is 0. The number of nitrogens with zero attached hydrogens (tertiary/aromatic N) is 2. The largest absolute Gasteiger partial charge is 0.496 e. The molecule has 10 nitrogen and oxygen atoms in total. The zero-order valence-corrected chi connectivity index (χ0v) is 25.0. The van der Waals surface area contributed by atoms with Crippen LogP contribution in [0.3, 0.4) is 0 Å². The van der Waals surface area contributed by atoms with E-state index in [4.69, 9.17) is 24.7 Å². The van der Waals surface area contributed by atoms with E-state index in [2.05, 4.69) is 11.8 Å². The number of carboxylic acids is 1. The van der Waals surface area contributed by atoms with E-state index in [9.17, 15) is 14.7 Å². The van der Waals surface area contributed by atoms with Crippen molar-refractivity contribution in [2.75, 3.05) is 53.7 Å². The van der Waals surface area contributed by atoms with E-state index in [0.717, 1.165) is 49.0 Å². The minimum absolute atomic E-state index is 0.0136. The number of unbranched alkanes of at least 4 members (excludes halogenated alkanes) is 1. The highest BCUT2D eigenvalue weighted by Crippen LogP contribution is 2.47. The van der Waals surface area contributed by atoms with E-state index in [0.29, 0.717) is 49.8 Å². The molecular weight excluding hydrogens is 538 g/mol. The number of carbonyl (C=O) groups is 2. The van der Waals surface area contributed by atoms with Gasteiger partial charge in [-0.3, -0.25) is 14.5 Å². The average Bonchev–Trinajstić information content (AvgIpc) is 3.62. The SMILES string of the molecule is CCCCN(CCCN)C(=O)CN1C[C@H](c2cc(OC)c3c(c2)OCO3)C(C(=O)O)[C@@H]1CCCc1ccccc1OC. The van der Waals surface area contributed by atoms with Crippen LogP contribution in [0.1, 0.15) is 56.1 Å². The number of methoxy groups -OCH3 is 2. The normalized spacial score (nSPS) is 19.6. The van der Waals surface area contributed by atoms with Crippen molar-refractivity contribution in [2.45, 2.75) is 57.4 Å². The van der Waals surface area contributed by atoms with Gasteiger partial charge < -0.3 is 34.7 Å². The van der Waals surface area contributed by atoms with Crippen molar-refractivity contribution in [3.05, 3.63) is 47.5 Å². The molecule has 1 amide bonds. The maximum absolute atomic E-state index is 13.6. The molecule has 3 atom stereocenters. The minimum atomic E-state index is -0.875. The van der Waals surface area contributed by atoms with E-state index in [-0.39, 0.29) is 31.2 Å². The lowest BCUT2D eigenvalue weighted by molar-refractivity contribution is -0.143. The van der Waals surface area contributed by atoms with Gasteiger partial charge in [0.1, 0.15) is 5.75 Å². The van der Waals surface area contributed by atoms with Crippen molar-refractivity contribution in [3.63, 3.8) is 0 Å². The molecule has 0 saturated carbocycles. The fraction of sp³-hybridized carbons (Fsp3) is 0.562. The number of hydrogen-bond donors (Lipinski definition) is 2. The van der Waals surface area contributed by atoms with Crippen LogP contribution in [0.15, 0.2) is 36.4 Å². The van der Waals surface area contributed by atoms with Crippen LogP contribution in [0.25, 0.3) is 0 Å². The van der Waals surface area contributed by atoms with Crippen LogP contribution >= 0.6 is 0 Å². The summed E-state index contributed by atoms with van der Waals surface area (Å²) in [6, 6.07) is 11.3. The molecule has 230 valence electrons. The minimum Gasteiger partial charge on any atom is -0.496 e. The molecule has 0 spiro atoms. The van der Waals surface area contributed by atoms with Crippen LogP contribution in [-0.2, 0) is 16.0 Å². The standard InChI is InChI=1S/C32H45N3O7/c1-4-5-15-34(16-9-14-33)29(36)20-35-19-24(23-17-27(40-3)31-28(18-23)41-21-42-31)30(32(37)38)25(35)12-8-11-22-10-6-7-13-26(22)39-2/h6-7,10,13,17-18,24-25,30H,4-5,8-9,11-12,14-16,19-21,33H2,1-3H3,(H,37,38)/t24-,25+,30?/m1/s1. The summed E-state index contributed by atoms with van der Waals surface area (Å²) in [7, 11) is 3.21. The molecule has 2 aromatic carbocycles. The monoisotopic (exact) mass is 583 g/mol. The maximum atomic E-state index is 13.6. The van der Waals surface area contributed by atoms with Crippen molar-refractivity contribution in [1.29, 1.82) is 0 Å².